The van der Waals surface area contributed by atoms with Crippen LogP contribution in [0.25, 0.3) is 0 Å². The van der Waals surface area contributed by atoms with Gasteiger partial charge in [-0.1, -0.05) is 17.7 Å². The maximum Gasteiger partial charge on any atom is 0.253 e. The van der Waals surface area contributed by atoms with Crippen LogP contribution < -0.4 is 0 Å². The molecule has 1 saturated heterocycles. The van der Waals surface area contributed by atoms with E-state index in [9.17, 15) is 4.79 Å². The van der Waals surface area contributed by atoms with Crippen molar-refractivity contribution in [2.45, 2.75) is 19.8 Å². The number of hydrogen-bond acceptors (Lipinski definition) is 2. The van der Waals surface area contributed by atoms with Crippen LogP contribution in [0.3, 0.4) is 0 Å². The average Bonchev–Trinajstić information content (AvgIpc) is 2.39. The molecule has 1 aliphatic heterocycles. The Labute approximate surface area is 102 Å². The number of carbonyl (C=O) groups is 1. The van der Waals surface area contributed by atoms with Crippen molar-refractivity contribution in [2.75, 3.05) is 19.7 Å². The highest BCUT2D eigenvalue weighted by Crippen LogP contribution is 2.18. The lowest BCUT2D eigenvalue weighted by Gasteiger charge is -2.31. The van der Waals surface area contributed by atoms with Crippen LogP contribution in [-0.2, 0) is 0 Å². The molecule has 1 aliphatic rings. The van der Waals surface area contributed by atoms with Crippen LogP contribution in [0.5, 0.6) is 0 Å². The van der Waals surface area contributed by atoms with Crippen LogP contribution in [0.2, 0.25) is 0 Å². The van der Waals surface area contributed by atoms with E-state index in [1.165, 1.54) is 5.56 Å². The fourth-order valence-electron chi connectivity index (χ4n) is 2.20. The number of carbonyl (C=O) groups excluding carboxylic acids is 1. The molecule has 17 heavy (non-hydrogen) atoms. The highest BCUT2D eigenvalue weighted by molar-refractivity contribution is 5.94. The fraction of sp³-hybridized carbons (Fsp3) is 0.500. The van der Waals surface area contributed by atoms with Crippen molar-refractivity contribution >= 4 is 5.91 Å². The lowest BCUT2D eigenvalue weighted by Crippen LogP contribution is -2.39. The Balaban J connectivity index is 1.99. The Kier molecular flexibility index (Phi) is 3.79. The third-order valence-electron chi connectivity index (χ3n) is 3.46. The summed E-state index contributed by atoms with van der Waals surface area (Å²) < 4.78 is 0. The Morgan fingerprint density at radius 1 is 1.29 bits per heavy atom. The first-order chi connectivity index (χ1) is 8.20. The lowest BCUT2D eigenvalue weighted by atomic mass is 9.97. The summed E-state index contributed by atoms with van der Waals surface area (Å²) in [5.41, 5.74) is 1.93. The molecular formula is C14H19NO2. The quantitative estimate of drug-likeness (QED) is 0.846. The molecule has 0 bridgehead atoms. The van der Waals surface area contributed by atoms with Crippen LogP contribution in [0.4, 0.5) is 0 Å². The Hall–Kier alpha value is -1.35. The number of aliphatic hydroxyl groups is 1. The first-order valence-corrected chi connectivity index (χ1v) is 6.17. The standard InChI is InChI=1S/C14H19NO2/c1-11-2-4-13(5-3-11)14(17)15-8-6-12(10-16)7-9-15/h2-5,12,16H,6-10H2,1H3. The summed E-state index contributed by atoms with van der Waals surface area (Å²) in [6, 6.07) is 7.70. The van der Waals surface area contributed by atoms with Crippen LogP contribution >= 0.6 is 0 Å². The molecule has 0 saturated carbocycles. The van der Waals surface area contributed by atoms with Crippen molar-refractivity contribution in [3.05, 3.63) is 35.4 Å². The van der Waals surface area contributed by atoms with E-state index in [-0.39, 0.29) is 12.5 Å². The van der Waals surface area contributed by atoms with E-state index in [1.54, 1.807) is 0 Å². The molecule has 3 heteroatoms. The largest absolute Gasteiger partial charge is 0.396 e. The van der Waals surface area contributed by atoms with Crippen molar-refractivity contribution < 1.29 is 9.90 Å². The Morgan fingerprint density at radius 3 is 2.41 bits per heavy atom. The second kappa shape index (κ2) is 5.32. The summed E-state index contributed by atoms with van der Waals surface area (Å²) in [7, 11) is 0. The maximum atomic E-state index is 12.2. The summed E-state index contributed by atoms with van der Waals surface area (Å²) in [6.45, 7) is 3.78. The zero-order chi connectivity index (χ0) is 12.3. The molecule has 1 fully saturated rings. The number of nitrogens with zero attached hydrogens (tertiary/aromatic N) is 1. The van der Waals surface area contributed by atoms with Gasteiger partial charge in [-0.15, -0.1) is 0 Å². The van der Waals surface area contributed by atoms with Gasteiger partial charge in [-0.3, -0.25) is 4.79 Å². The monoisotopic (exact) mass is 233 g/mol. The van der Waals surface area contributed by atoms with E-state index in [0.29, 0.717) is 5.92 Å². The maximum absolute atomic E-state index is 12.2. The molecule has 1 amide bonds. The smallest absolute Gasteiger partial charge is 0.253 e. The number of benzene rings is 1. The molecule has 92 valence electrons. The van der Waals surface area contributed by atoms with Gasteiger partial charge < -0.3 is 10.0 Å². The van der Waals surface area contributed by atoms with Crippen LogP contribution in [0, 0.1) is 12.8 Å². The van der Waals surface area contributed by atoms with Gasteiger partial charge in [0.05, 0.1) is 0 Å². The normalized spacial score (nSPS) is 17.2. The molecule has 0 unspecified atom stereocenters. The third kappa shape index (κ3) is 2.86. The highest BCUT2D eigenvalue weighted by atomic mass is 16.3. The molecule has 0 aliphatic carbocycles. The van der Waals surface area contributed by atoms with Crippen LogP contribution in [-0.4, -0.2) is 35.6 Å². The minimum absolute atomic E-state index is 0.112. The van der Waals surface area contributed by atoms with Crippen molar-refractivity contribution in [3.63, 3.8) is 0 Å². The van der Waals surface area contributed by atoms with E-state index >= 15 is 0 Å². The first kappa shape index (κ1) is 12.1. The van der Waals surface area contributed by atoms with Gasteiger partial charge in [0.25, 0.3) is 5.91 Å². The first-order valence-electron chi connectivity index (χ1n) is 6.17. The lowest BCUT2D eigenvalue weighted by molar-refractivity contribution is 0.0651. The zero-order valence-electron chi connectivity index (χ0n) is 10.2. The third-order valence-corrected chi connectivity index (χ3v) is 3.46. The van der Waals surface area contributed by atoms with Gasteiger partial charge in [0.15, 0.2) is 0 Å². The Bertz CT molecular complexity index is 378. The number of piperidine rings is 1. The molecule has 0 aromatic heterocycles. The van der Waals surface area contributed by atoms with Gasteiger partial charge in [0.1, 0.15) is 0 Å². The molecule has 1 heterocycles. The number of rotatable bonds is 2. The number of aliphatic hydroxyl groups excluding tert-OH is 1. The Morgan fingerprint density at radius 2 is 1.88 bits per heavy atom. The fourth-order valence-corrected chi connectivity index (χ4v) is 2.20. The summed E-state index contributed by atoms with van der Waals surface area (Å²) in [6.07, 6.45) is 1.82. The van der Waals surface area contributed by atoms with Gasteiger partial charge in [0, 0.05) is 25.3 Å². The van der Waals surface area contributed by atoms with Crippen LogP contribution in [0.1, 0.15) is 28.8 Å². The van der Waals surface area contributed by atoms with E-state index in [2.05, 4.69) is 0 Å². The topological polar surface area (TPSA) is 40.5 Å². The van der Waals surface area contributed by atoms with E-state index in [4.69, 9.17) is 5.11 Å². The minimum Gasteiger partial charge on any atom is -0.396 e. The second-order valence-corrected chi connectivity index (χ2v) is 4.78. The predicted molar refractivity (Wildman–Crippen MR) is 66.9 cm³/mol. The molecule has 1 aromatic rings. The van der Waals surface area contributed by atoms with Crippen LogP contribution in [0.15, 0.2) is 24.3 Å². The van der Waals surface area contributed by atoms with Gasteiger partial charge in [-0.2, -0.15) is 0 Å². The molecule has 0 spiro atoms. The second-order valence-electron chi connectivity index (χ2n) is 4.78. The van der Waals surface area contributed by atoms with Gasteiger partial charge in [-0.25, -0.2) is 0 Å². The molecule has 0 radical (unpaired) electrons. The summed E-state index contributed by atoms with van der Waals surface area (Å²) in [4.78, 5) is 14.1. The molecule has 3 nitrogen and oxygen atoms in total. The average molecular weight is 233 g/mol. The highest BCUT2D eigenvalue weighted by Gasteiger charge is 2.22. The molecule has 1 aromatic carbocycles. The number of aryl methyl sites for hydroxylation is 1. The number of hydrogen-bond donors (Lipinski definition) is 1. The zero-order valence-corrected chi connectivity index (χ0v) is 10.2. The molecule has 1 N–H and O–H groups in total. The summed E-state index contributed by atoms with van der Waals surface area (Å²) in [5.74, 6) is 0.485. The number of amides is 1. The van der Waals surface area contributed by atoms with Crippen molar-refractivity contribution in [1.82, 2.24) is 4.90 Å². The van der Waals surface area contributed by atoms with Gasteiger partial charge in [-0.05, 0) is 37.8 Å². The van der Waals surface area contributed by atoms with E-state index in [1.807, 2.05) is 36.1 Å². The van der Waals surface area contributed by atoms with Crippen molar-refractivity contribution in [1.29, 1.82) is 0 Å². The SMILES string of the molecule is Cc1ccc(C(=O)N2CCC(CO)CC2)cc1. The molecule has 0 atom stereocenters. The predicted octanol–water partition coefficient (Wildman–Crippen LogP) is 1.84. The van der Waals surface area contributed by atoms with Gasteiger partial charge in [0.2, 0.25) is 0 Å². The molecular weight excluding hydrogens is 214 g/mol. The number of likely N-dealkylation sites (tertiary alicyclic amines) is 1. The molecule has 2 rings (SSSR count). The van der Waals surface area contributed by atoms with E-state index in [0.717, 1.165) is 31.5 Å². The summed E-state index contributed by atoms with van der Waals surface area (Å²) in [5, 5.41) is 9.06. The van der Waals surface area contributed by atoms with Crippen molar-refractivity contribution in [3.8, 4) is 0 Å². The van der Waals surface area contributed by atoms with E-state index < -0.39 is 0 Å². The minimum atomic E-state index is 0.112. The summed E-state index contributed by atoms with van der Waals surface area (Å²) >= 11 is 0. The van der Waals surface area contributed by atoms with Crippen molar-refractivity contribution in [2.24, 2.45) is 5.92 Å². The van der Waals surface area contributed by atoms with Gasteiger partial charge >= 0.3 is 0 Å².